The number of benzene rings is 1. The lowest BCUT2D eigenvalue weighted by atomic mass is 9.75. The Morgan fingerprint density at radius 1 is 1.38 bits per heavy atom. The molecular formula is C16H20INO3. The monoisotopic (exact) mass is 401 g/mol. The second-order valence-corrected chi connectivity index (χ2v) is 6.95. The molecule has 0 bridgehead atoms. The molecule has 4 nitrogen and oxygen atoms in total. The lowest BCUT2D eigenvalue weighted by molar-refractivity contribution is -0.146. The van der Waals surface area contributed by atoms with Crippen LogP contribution in [0.15, 0.2) is 24.3 Å². The molecule has 5 heteroatoms. The molecule has 1 fully saturated rings. The Bertz CT molecular complexity index is 536. The number of rotatable bonds is 4. The minimum Gasteiger partial charge on any atom is -0.480 e. The standard InChI is InChI=1S/C16H20INO3/c1-2-11-6-8-16(9-7-11,15(20)21)18-14(19)12-4-3-5-13(17)10-12/h3-5,10-11H,2,6-9H2,1H3,(H,18,19)(H,20,21). The van der Waals surface area contributed by atoms with Crippen molar-refractivity contribution in [2.75, 3.05) is 0 Å². The van der Waals surface area contributed by atoms with E-state index >= 15 is 0 Å². The third-order valence-corrected chi connectivity index (χ3v) is 5.06. The molecule has 1 aliphatic rings. The Morgan fingerprint density at radius 3 is 2.57 bits per heavy atom. The van der Waals surface area contributed by atoms with Crippen molar-refractivity contribution in [3.8, 4) is 0 Å². The number of carboxylic acids is 1. The van der Waals surface area contributed by atoms with Gasteiger partial charge in [-0.1, -0.05) is 19.4 Å². The summed E-state index contributed by atoms with van der Waals surface area (Å²) in [5.41, 5.74) is -0.593. The van der Waals surface area contributed by atoms with Crippen LogP contribution in [0.4, 0.5) is 0 Å². The zero-order chi connectivity index (χ0) is 15.5. The normalized spacial score (nSPS) is 25.3. The second kappa shape index (κ2) is 6.77. The van der Waals surface area contributed by atoms with Crippen molar-refractivity contribution in [3.05, 3.63) is 33.4 Å². The first-order chi connectivity index (χ1) is 9.97. The summed E-state index contributed by atoms with van der Waals surface area (Å²) in [6.07, 6.45) is 3.80. The van der Waals surface area contributed by atoms with E-state index in [1.165, 1.54) is 0 Å². The van der Waals surface area contributed by atoms with Crippen LogP contribution in [0.25, 0.3) is 0 Å². The van der Waals surface area contributed by atoms with Gasteiger partial charge in [0.15, 0.2) is 0 Å². The van der Waals surface area contributed by atoms with Crippen LogP contribution in [0.3, 0.4) is 0 Å². The number of hydrogen-bond donors (Lipinski definition) is 2. The average Bonchev–Trinajstić information content (AvgIpc) is 2.47. The van der Waals surface area contributed by atoms with Gasteiger partial charge in [0.25, 0.3) is 5.91 Å². The van der Waals surface area contributed by atoms with Crippen LogP contribution in [0.1, 0.15) is 49.4 Å². The lowest BCUT2D eigenvalue weighted by Gasteiger charge is -2.37. The molecule has 114 valence electrons. The molecule has 1 aliphatic carbocycles. The number of nitrogens with one attached hydrogen (secondary N) is 1. The molecule has 2 N–H and O–H groups in total. The average molecular weight is 401 g/mol. The van der Waals surface area contributed by atoms with Crippen LogP contribution in [-0.4, -0.2) is 22.5 Å². The van der Waals surface area contributed by atoms with Crippen molar-refractivity contribution in [1.82, 2.24) is 5.32 Å². The highest BCUT2D eigenvalue weighted by molar-refractivity contribution is 14.1. The summed E-state index contributed by atoms with van der Waals surface area (Å²) in [5.74, 6) is -0.644. The molecule has 1 saturated carbocycles. The molecule has 0 aromatic heterocycles. The second-order valence-electron chi connectivity index (χ2n) is 5.70. The number of carbonyl (C=O) groups is 2. The summed E-state index contributed by atoms with van der Waals surface area (Å²) in [4.78, 5) is 24.0. The molecule has 0 atom stereocenters. The van der Waals surface area contributed by atoms with E-state index in [-0.39, 0.29) is 5.91 Å². The number of carbonyl (C=O) groups excluding carboxylic acids is 1. The maximum absolute atomic E-state index is 12.3. The summed E-state index contributed by atoms with van der Waals surface area (Å²) in [6, 6.07) is 7.18. The molecule has 21 heavy (non-hydrogen) atoms. The Labute approximate surface area is 138 Å². The fourth-order valence-corrected chi connectivity index (χ4v) is 3.43. The van der Waals surface area contributed by atoms with Gasteiger partial charge in [0.05, 0.1) is 0 Å². The topological polar surface area (TPSA) is 66.4 Å². The highest BCUT2D eigenvalue weighted by Gasteiger charge is 2.43. The minimum atomic E-state index is -1.11. The number of halogens is 1. The van der Waals surface area contributed by atoms with E-state index in [0.717, 1.165) is 22.8 Å². The van der Waals surface area contributed by atoms with Crippen molar-refractivity contribution in [2.45, 2.75) is 44.6 Å². The summed E-state index contributed by atoms with van der Waals surface area (Å²) in [6.45, 7) is 2.13. The van der Waals surface area contributed by atoms with Gasteiger partial charge < -0.3 is 10.4 Å². The Morgan fingerprint density at radius 2 is 2.05 bits per heavy atom. The predicted octanol–water partition coefficient (Wildman–Crippen LogP) is 3.44. The van der Waals surface area contributed by atoms with E-state index in [1.54, 1.807) is 18.2 Å². The molecule has 1 amide bonds. The van der Waals surface area contributed by atoms with E-state index < -0.39 is 11.5 Å². The third kappa shape index (κ3) is 3.75. The highest BCUT2D eigenvalue weighted by Crippen LogP contribution is 2.34. The van der Waals surface area contributed by atoms with Gasteiger partial charge in [0, 0.05) is 9.13 Å². The first-order valence-electron chi connectivity index (χ1n) is 7.28. The zero-order valence-corrected chi connectivity index (χ0v) is 14.2. The van der Waals surface area contributed by atoms with Gasteiger partial charge >= 0.3 is 5.97 Å². The van der Waals surface area contributed by atoms with Crippen LogP contribution in [0.5, 0.6) is 0 Å². The number of hydrogen-bond acceptors (Lipinski definition) is 2. The largest absolute Gasteiger partial charge is 0.480 e. The Balaban J connectivity index is 2.14. The van der Waals surface area contributed by atoms with E-state index in [9.17, 15) is 14.7 Å². The summed E-state index contributed by atoms with van der Waals surface area (Å²) >= 11 is 2.14. The Kier molecular flexibility index (Phi) is 5.24. The van der Waals surface area contributed by atoms with E-state index in [2.05, 4.69) is 34.8 Å². The molecular weight excluding hydrogens is 381 g/mol. The SMILES string of the molecule is CCC1CCC(NC(=O)c2cccc(I)c2)(C(=O)O)CC1. The fourth-order valence-electron chi connectivity index (χ4n) is 2.89. The van der Waals surface area contributed by atoms with Crippen LogP contribution >= 0.6 is 22.6 Å². The molecule has 1 aromatic carbocycles. The quantitative estimate of drug-likeness (QED) is 0.760. The molecule has 1 aromatic rings. The van der Waals surface area contributed by atoms with Crippen molar-refractivity contribution >= 4 is 34.5 Å². The number of amides is 1. The van der Waals surface area contributed by atoms with Crippen LogP contribution in [0.2, 0.25) is 0 Å². The first kappa shape index (κ1) is 16.3. The van der Waals surface area contributed by atoms with Crippen LogP contribution in [-0.2, 0) is 4.79 Å². The third-order valence-electron chi connectivity index (χ3n) is 4.39. The first-order valence-corrected chi connectivity index (χ1v) is 8.36. The molecule has 0 saturated heterocycles. The van der Waals surface area contributed by atoms with Gasteiger partial charge in [-0.25, -0.2) is 4.79 Å². The summed E-state index contributed by atoms with van der Waals surface area (Å²) in [7, 11) is 0. The minimum absolute atomic E-state index is 0.300. The molecule has 0 unspecified atom stereocenters. The van der Waals surface area contributed by atoms with Crippen LogP contribution in [0, 0.1) is 9.49 Å². The molecule has 0 aliphatic heterocycles. The lowest BCUT2D eigenvalue weighted by Crippen LogP contribution is -2.56. The molecule has 0 spiro atoms. The fraction of sp³-hybridized carbons (Fsp3) is 0.500. The van der Waals surface area contributed by atoms with E-state index in [1.807, 2.05) is 6.07 Å². The van der Waals surface area contributed by atoms with Crippen molar-refractivity contribution in [1.29, 1.82) is 0 Å². The summed E-state index contributed by atoms with van der Waals surface area (Å²) in [5, 5.41) is 12.4. The summed E-state index contributed by atoms with van der Waals surface area (Å²) < 4.78 is 0.958. The molecule has 0 heterocycles. The van der Waals surface area contributed by atoms with Gasteiger partial charge in [-0.05, 0) is 72.4 Å². The van der Waals surface area contributed by atoms with Gasteiger partial charge in [0.1, 0.15) is 5.54 Å². The Hall–Kier alpha value is -1.11. The maximum Gasteiger partial charge on any atom is 0.329 e. The molecule has 0 radical (unpaired) electrons. The smallest absolute Gasteiger partial charge is 0.329 e. The van der Waals surface area contributed by atoms with E-state index in [0.29, 0.717) is 24.3 Å². The maximum atomic E-state index is 12.3. The van der Waals surface area contributed by atoms with E-state index in [4.69, 9.17) is 0 Å². The van der Waals surface area contributed by atoms with Crippen molar-refractivity contribution in [2.24, 2.45) is 5.92 Å². The predicted molar refractivity (Wildman–Crippen MR) is 89.2 cm³/mol. The van der Waals surface area contributed by atoms with Gasteiger partial charge in [-0.3, -0.25) is 4.79 Å². The van der Waals surface area contributed by atoms with Crippen molar-refractivity contribution in [3.63, 3.8) is 0 Å². The van der Waals surface area contributed by atoms with Gasteiger partial charge in [0.2, 0.25) is 0 Å². The zero-order valence-electron chi connectivity index (χ0n) is 12.1. The van der Waals surface area contributed by atoms with Gasteiger partial charge in [-0.15, -0.1) is 0 Å². The highest BCUT2D eigenvalue weighted by atomic mass is 127. The molecule has 2 rings (SSSR count). The van der Waals surface area contributed by atoms with Crippen molar-refractivity contribution < 1.29 is 14.7 Å². The van der Waals surface area contributed by atoms with Gasteiger partial charge in [-0.2, -0.15) is 0 Å². The van der Waals surface area contributed by atoms with Crippen LogP contribution < -0.4 is 5.32 Å². The number of aliphatic carboxylic acids is 1. The number of carboxylic acid groups (broad SMARTS) is 1.